The van der Waals surface area contributed by atoms with E-state index in [0.29, 0.717) is 33.7 Å². The van der Waals surface area contributed by atoms with Gasteiger partial charge in [0, 0.05) is 12.1 Å². The number of hydrogen-bond donors (Lipinski definition) is 2. The summed E-state index contributed by atoms with van der Waals surface area (Å²) in [6, 6.07) is 15.2. The summed E-state index contributed by atoms with van der Waals surface area (Å²) < 4.78 is 0. The van der Waals surface area contributed by atoms with Gasteiger partial charge in [0.1, 0.15) is 5.69 Å². The SMILES string of the molecule is Nc1nnc(-c2cccc(Cl)c2Cl)c(NCc2ccccc2)n1. The lowest BCUT2D eigenvalue weighted by atomic mass is 10.1. The fraction of sp³-hybridized carbons (Fsp3) is 0.0625. The Bertz CT molecular complexity index is 824. The van der Waals surface area contributed by atoms with Crippen LogP contribution in [0.2, 0.25) is 10.0 Å². The first-order valence-corrected chi connectivity index (χ1v) is 7.63. The lowest BCUT2D eigenvalue weighted by Crippen LogP contribution is -2.08. The molecule has 0 amide bonds. The van der Waals surface area contributed by atoms with Gasteiger partial charge in [-0.25, -0.2) is 0 Å². The van der Waals surface area contributed by atoms with Gasteiger partial charge in [0.05, 0.1) is 10.0 Å². The second-order valence-electron chi connectivity index (χ2n) is 4.81. The Kier molecular flexibility index (Phi) is 4.60. The molecule has 0 atom stereocenters. The van der Waals surface area contributed by atoms with Crippen LogP contribution in [-0.2, 0) is 6.54 Å². The van der Waals surface area contributed by atoms with Crippen molar-refractivity contribution in [2.45, 2.75) is 6.54 Å². The largest absolute Gasteiger partial charge is 0.366 e. The van der Waals surface area contributed by atoms with Gasteiger partial charge in [-0.3, -0.25) is 0 Å². The van der Waals surface area contributed by atoms with Gasteiger partial charge in [0.25, 0.3) is 0 Å². The van der Waals surface area contributed by atoms with Gasteiger partial charge >= 0.3 is 0 Å². The van der Waals surface area contributed by atoms with Crippen molar-refractivity contribution in [2.24, 2.45) is 0 Å². The fourth-order valence-corrected chi connectivity index (χ4v) is 2.50. The number of aromatic nitrogens is 3. The summed E-state index contributed by atoms with van der Waals surface area (Å²) >= 11 is 12.3. The number of hydrogen-bond acceptors (Lipinski definition) is 5. The summed E-state index contributed by atoms with van der Waals surface area (Å²) in [7, 11) is 0. The maximum atomic E-state index is 6.27. The minimum Gasteiger partial charge on any atom is -0.366 e. The molecule has 0 unspecified atom stereocenters. The highest BCUT2D eigenvalue weighted by atomic mass is 35.5. The number of nitrogens with two attached hydrogens (primary N) is 1. The van der Waals surface area contributed by atoms with Gasteiger partial charge in [-0.1, -0.05) is 65.7 Å². The van der Waals surface area contributed by atoms with Gasteiger partial charge in [-0.2, -0.15) is 4.98 Å². The van der Waals surface area contributed by atoms with Crippen molar-refractivity contribution in [3.8, 4) is 11.3 Å². The lowest BCUT2D eigenvalue weighted by Gasteiger charge is -2.11. The molecule has 3 aromatic rings. The fourth-order valence-electron chi connectivity index (χ4n) is 2.11. The molecule has 0 aliphatic rings. The maximum Gasteiger partial charge on any atom is 0.242 e. The molecular formula is C16H13Cl2N5. The third-order valence-electron chi connectivity index (χ3n) is 3.21. The number of nitrogen functional groups attached to an aromatic ring is 1. The summed E-state index contributed by atoms with van der Waals surface area (Å²) in [5.74, 6) is 0.591. The van der Waals surface area contributed by atoms with Crippen LogP contribution in [0.4, 0.5) is 11.8 Å². The molecule has 1 aromatic heterocycles. The summed E-state index contributed by atoms with van der Waals surface area (Å²) in [5, 5.41) is 12.0. The van der Waals surface area contributed by atoms with Crippen LogP contribution >= 0.6 is 23.2 Å². The van der Waals surface area contributed by atoms with E-state index in [1.807, 2.05) is 36.4 Å². The van der Waals surface area contributed by atoms with E-state index >= 15 is 0 Å². The van der Waals surface area contributed by atoms with Gasteiger partial charge in [-0.05, 0) is 11.6 Å². The molecular weight excluding hydrogens is 333 g/mol. The van der Waals surface area contributed by atoms with Crippen molar-refractivity contribution in [3.63, 3.8) is 0 Å². The van der Waals surface area contributed by atoms with Crippen molar-refractivity contribution in [3.05, 3.63) is 64.1 Å². The lowest BCUT2D eigenvalue weighted by molar-refractivity contribution is 0.979. The van der Waals surface area contributed by atoms with E-state index in [1.165, 1.54) is 0 Å². The number of nitrogens with zero attached hydrogens (tertiary/aromatic N) is 3. The second kappa shape index (κ2) is 6.81. The first-order valence-electron chi connectivity index (χ1n) is 6.87. The van der Waals surface area contributed by atoms with Crippen LogP contribution in [0.5, 0.6) is 0 Å². The van der Waals surface area contributed by atoms with Crippen LogP contribution < -0.4 is 11.1 Å². The van der Waals surface area contributed by atoms with Crippen molar-refractivity contribution < 1.29 is 0 Å². The van der Waals surface area contributed by atoms with Crippen molar-refractivity contribution in [1.82, 2.24) is 15.2 Å². The first-order chi connectivity index (χ1) is 11.1. The third kappa shape index (κ3) is 3.52. The van der Waals surface area contributed by atoms with E-state index in [9.17, 15) is 0 Å². The highest BCUT2D eigenvalue weighted by Crippen LogP contribution is 2.35. The predicted octanol–water partition coefficient (Wildman–Crippen LogP) is 4.04. The van der Waals surface area contributed by atoms with Gasteiger partial charge < -0.3 is 11.1 Å². The third-order valence-corrected chi connectivity index (χ3v) is 4.03. The molecule has 1 heterocycles. The van der Waals surface area contributed by atoms with E-state index in [2.05, 4.69) is 20.5 Å². The molecule has 0 saturated heterocycles. The minimum atomic E-state index is 0.0856. The van der Waals surface area contributed by atoms with E-state index in [1.54, 1.807) is 12.1 Å². The molecule has 23 heavy (non-hydrogen) atoms. The quantitative estimate of drug-likeness (QED) is 0.746. The van der Waals surface area contributed by atoms with Gasteiger partial charge in [-0.15, -0.1) is 10.2 Å². The molecule has 3 N–H and O–H groups in total. The summed E-state index contributed by atoms with van der Waals surface area (Å²) in [6.07, 6.45) is 0. The van der Waals surface area contributed by atoms with Crippen molar-refractivity contribution >= 4 is 35.0 Å². The summed E-state index contributed by atoms with van der Waals surface area (Å²) in [5.41, 5.74) is 7.91. The molecule has 0 bridgehead atoms. The van der Waals surface area contributed by atoms with Crippen LogP contribution in [0.1, 0.15) is 5.56 Å². The van der Waals surface area contributed by atoms with E-state index < -0.39 is 0 Å². The van der Waals surface area contributed by atoms with Crippen LogP contribution in [0, 0.1) is 0 Å². The number of rotatable bonds is 4. The molecule has 3 rings (SSSR count). The van der Waals surface area contributed by atoms with Crippen molar-refractivity contribution in [2.75, 3.05) is 11.1 Å². The van der Waals surface area contributed by atoms with Crippen LogP contribution in [-0.4, -0.2) is 15.2 Å². The second-order valence-corrected chi connectivity index (χ2v) is 5.59. The topological polar surface area (TPSA) is 76.7 Å². The smallest absolute Gasteiger partial charge is 0.242 e. The Morgan fingerprint density at radius 1 is 0.957 bits per heavy atom. The van der Waals surface area contributed by atoms with Gasteiger partial charge in [0.15, 0.2) is 5.82 Å². The average Bonchev–Trinajstić information content (AvgIpc) is 2.57. The van der Waals surface area contributed by atoms with Crippen LogP contribution in [0.15, 0.2) is 48.5 Å². The molecule has 0 fully saturated rings. The number of anilines is 2. The summed E-state index contributed by atoms with van der Waals surface area (Å²) in [4.78, 5) is 4.23. The van der Waals surface area contributed by atoms with E-state index in [-0.39, 0.29) is 5.95 Å². The highest BCUT2D eigenvalue weighted by Gasteiger charge is 2.15. The monoisotopic (exact) mass is 345 g/mol. The molecule has 0 spiro atoms. The average molecular weight is 346 g/mol. The standard InChI is InChI=1S/C16H13Cl2N5/c17-12-8-4-7-11(13(12)18)14-15(21-16(19)23-22-14)20-9-10-5-2-1-3-6-10/h1-8H,9H2,(H3,19,20,21,23). The Morgan fingerprint density at radius 2 is 1.74 bits per heavy atom. The summed E-state index contributed by atoms with van der Waals surface area (Å²) in [6.45, 7) is 0.574. The molecule has 7 heteroatoms. The Labute approximate surface area is 143 Å². The molecule has 0 aliphatic carbocycles. The zero-order valence-corrected chi connectivity index (χ0v) is 13.5. The minimum absolute atomic E-state index is 0.0856. The zero-order chi connectivity index (χ0) is 16.2. The Hall–Kier alpha value is -2.37. The molecule has 5 nitrogen and oxygen atoms in total. The predicted molar refractivity (Wildman–Crippen MR) is 93.5 cm³/mol. The Morgan fingerprint density at radius 3 is 2.52 bits per heavy atom. The van der Waals surface area contributed by atoms with Crippen molar-refractivity contribution in [1.29, 1.82) is 0 Å². The van der Waals surface area contributed by atoms with Crippen LogP contribution in [0.3, 0.4) is 0 Å². The maximum absolute atomic E-state index is 6.27. The molecule has 2 aromatic carbocycles. The Balaban J connectivity index is 1.96. The van der Waals surface area contributed by atoms with Gasteiger partial charge in [0.2, 0.25) is 5.95 Å². The number of benzene rings is 2. The van der Waals surface area contributed by atoms with E-state index in [0.717, 1.165) is 5.56 Å². The first kappa shape index (κ1) is 15.5. The molecule has 116 valence electrons. The molecule has 0 saturated carbocycles. The molecule has 0 radical (unpaired) electrons. The number of halogens is 2. The zero-order valence-electron chi connectivity index (χ0n) is 12.0. The van der Waals surface area contributed by atoms with E-state index in [4.69, 9.17) is 28.9 Å². The van der Waals surface area contributed by atoms with Crippen LogP contribution in [0.25, 0.3) is 11.3 Å². The number of nitrogens with one attached hydrogen (secondary N) is 1. The molecule has 0 aliphatic heterocycles. The highest BCUT2D eigenvalue weighted by molar-refractivity contribution is 6.43. The normalized spacial score (nSPS) is 10.5.